The van der Waals surface area contributed by atoms with Crippen molar-refractivity contribution in [3.63, 3.8) is 0 Å². The number of carbonyl (C=O) groups excluding carboxylic acids is 1. The van der Waals surface area contributed by atoms with Crippen LogP contribution in [0, 0.1) is 0 Å². The van der Waals surface area contributed by atoms with Gasteiger partial charge in [0.1, 0.15) is 18.3 Å². The minimum atomic E-state index is -0.564. The average Bonchev–Trinajstić information content (AvgIpc) is 2.88. The number of ether oxygens (including phenoxy) is 4. The van der Waals surface area contributed by atoms with Gasteiger partial charge in [-0.15, -0.1) is 0 Å². The topological polar surface area (TPSA) is 54.0 Å². The SMILES string of the molecule is O=CC1=COC(COCc2ccccc2)C(OCc2ccccc2)C1OCc1ccccc1. The van der Waals surface area contributed by atoms with E-state index < -0.39 is 18.3 Å². The second kappa shape index (κ2) is 12.1. The van der Waals surface area contributed by atoms with Gasteiger partial charge in [-0.05, 0) is 16.7 Å². The second-order valence-electron chi connectivity index (χ2n) is 7.89. The summed E-state index contributed by atoms with van der Waals surface area (Å²) in [5.74, 6) is 0. The van der Waals surface area contributed by atoms with Gasteiger partial charge in [0.25, 0.3) is 0 Å². The Morgan fingerprint density at radius 2 is 1.21 bits per heavy atom. The maximum Gasteiger partial charge on any atom is 0.151 e. The fourth-order valence-electron chi connectivity index (χ4n) is 3.70. The van der Waals surface area contributed by atoms with Crippen LogP contribution < -0.4 is 0 Å². The van der Waals surface area contributed by atoms with Gasteiger partial charge in [-0.2, -0.15) is 0 Å². The van der Waals surface area contributed by atoms with Crippen LogP contribution in [0.25, 0.3) is 0 Å². The molecule has 0 N–H and O–H groups in total. The van der Waals surface area contributed by atoms with Crippen molar-refractivity contribution >= 4 is 6.29 Å². The van der Waals surface area contributed by atoms with E-state index >= 15 is 0 Å². The van der Waals surface area contributed by atoms with Gasteiger partial charge >= 0.3 is 0 Å². The third-order valence-corrected chi connectivity index (χ3v) is 5.46. The molecule has 0 aromatic heterocycles. The van der Waals surface area contributed by atoms with Gasteiger partial charge in [0.15, 0.2) is 6.29 Å². The average molecular weight is 445 g/mol. The summed E-state index contributed by atoms with van der Waals surface area (Å²) in [5.41, 5.74) is 3.55. The van der Waals surface area contributed by atoms with Crippen LogP contribution in [0.5, 0.6) is 0 Å². The highest BCUT2D eigenvalue weighted by molar-refractivity contribution is 5.74. The van der Waals surface area contributed by atoms with E-state index in [1.165, 1.54) is 6.26 Å². The Hall–Kier alpha value is -3.25. The molecule has 1 aliphatic rings. The minimum Gasteiger partial charge on any atom is -0.492 e. The molecule has 33 heavy (non-hydrogen) atoms. The predicted molar refractivity (Wildman–Crippen MR) is 125 cm³/mol. The van der Waals surface area contributed by atoms with Crippen molar-refractivity contribution in [3.8, 4) is 0 Å². The molecule has 0 saturated heterocycles. The monoisotopic (exact) mass is 444 g/mol. The summed E-state index contributed by atoms with van der Waals surface area (Å²) in [6.07, 6.45) is 0.763. The van der Waals surface area contributed by atoms with Crippen molar-refractivity contribution in [1.29, 1.82) is 0 Å². The van der Waals surface area contributed by atoms with Crippen LogP contribution in [0.3, 0.4) is 0 Å². The standard InChI is InChI=1S/C28H28O5/c29-16-25-20-31-26(21-30-17-22-10-4-1-5-11-22)28(33-19-24-14-8-3-9-15-24)27(25)32-18-23-12-6-2-7-13-23/h1-16,20,26-28H,17-19,21H2. The lowest BCUT2D eigenvalue weighted by Gasteiger charge is -2.36. The second-order valence-corrected chi connectivity index (χ2v) is 7.89. The Kier molecular flexibility index (Phi) is 8.42. The van der Waals surface area contributed by atoms with Crippen molar-refractivity contribution in [2.24, 2.45) is 0 Å². The normalized spacial score (nSPS) is 20.0. The predicted octanol–water partition coefficient (Wildman–Crippen LogP) is 4.86. The molecule has 1 heterocycles. The van der Waals surface area contributed by atoms with E-state index in [2.05, 4.69) is 0 Å². The first-order chi connectivity index (χ1) is 16.3. The van der Waals surface area contributed by atoms with E-state index in [1.807, 2.05) is 91.0 Å². The molecule has 0 amide bonds. The van der Waals surface area contributed by atoms with Crippen LogP contribution in [0.4, 0.5) is 0 Å². The van der Waals surface area contributed by atoms with E-state index in [1.54, 1.807) is 0 Å². The Morgan fingerprint density at radius 3 is 1.76 bits per heavy atom. The van der Waals surface area contributed by atoms with Crippen LogP contribution in [0.15, 0.2) is 103 Å². The van der Waals surface area contributed by atoms with Crippen molar-refractivity contribution < 1.29 is 23.7 Å². The van der Waals surface area contributed by atoms with Gasteiger partial charge in [0.2, 0.25) is 0 Å². The Morgan fingerprint density at radius 1 is 0.697 bits per heavy atom. The molecule has 0 fully saturated rings. The number of hydrogen-bond acceptors (Lipinski definition) is 5. The quantitative estimate of drug-likeness (QED) is 0.396. The number of hydrogen-bond donors (Lipinski definition) is 0. The molecule has 3 aromatic rings. The van der Waals surface area contributed by atoms with Crippen LogP contribution in [-0.2, 0) is 43.6 Å². The Bertz CT molecular complexity index is 1000. The van der Waals surface area contributed by atoms with Crippen LogP contribution in [0.1, 0.15) is 16.7 Å². The first-order valence-electron chi connectivity index (χ1n) is 11.1. The van der Waals surface area contributed by atoms with Gasteiger partial charge in [-0.3, -0.25) is 4.79 Å². The Balaban J connectivity index is 1.47. The summed E-state index contributed by atoms with van der Waals surface area (Å²) in [7, 11) is 0. The largest absolute Gasteiger partial charge is 0.492 e. The first kappa shape index (κ1) is 22.9. The third kappa shape index (κ3) is 6.62. The molecule has 5 nitrogen and oxygen atoms in total. The highest BCUT2D eigenvalue weighted by atomic mass is 16.6. The van der Waals surface area contributed by atoms with E-state index in [-0.39, 0.29) is 0 Å². The lowest BCUT2D eigenvalue weighted by Crippen LogP contribution is -2.48. The lowest BCUT2D eigenvalue weighted by atomic mass is 9.99. The summed E-state index contributed by atoms with van der Waals surface area (Å²) in [4.78, 5) is 11.8. The molecule has 5 heteroatoms. The summed E-state index contributed by atoms with van der Waals surface area (Å²) in [6, 6.07) is 29.7. The van der Waals surface area contributed by atoms with Crippen molar-refractivity contribution in [1.82, 2.24) is 0 Å². The molecule has 3 aromatic carbocycles. The Labute approximate surface area is 194 Å². The van der Waals surface area contributed by atoms with Crippen LogP contribution in [-0.4, -0.2) is 31.2 Å². The minimum absolute atomic E-state index is 0.308. The zero-order valence-corrected chi connectivity index (χ0v) is 18.4. The van der Waals surface area contributed by atoms with Gasteiger partial charge in [-0.1, -0.05) is 91.0 Å². The summed E-state index contributed by atoms with van der Waals surface area (Å²) >= 11 is 0. The summed E-state index contributed by atoms with van der Waals surface area (Å²) in [6.45, 7) is 1.51. The molecule has 1 aliphatic heterocycles. The molecule has 0 aliphatic carbocycles. The lowest BCUT2D eigenvalue weighted by molar-refractivity contribution is -0.153. The zero-order chi connectivity index (χ0) is 22.7. The van der Waals surface area contributed by atoms with E-state index in [0.717, 1.165) is 23.0 Å². The number of benzene rings is 3. The van der Waals surface area contributed by atoms with Crippen molar-refractivity contribution in [2.75, 3.05) is 6.61 Å². The maximum atomic E-state index is 11.8. The summed E-state index contributed by atoms with van der Waals surface area (Å²) in [5, 5.41) is 0. The zero-order valence-electron chi connectivity index (χ0n) is 18.4. The van der Waals surface area contributed by atoms with Gasteiger partial charge in [0, 0.05) is 0 Å². The van der Waals surface area contributed by atoms with E-state index in [4.69, 9.17) is 18.9 Å². The summed E-state index contributed by atoms with van der Waals surface area (Å²) < 4.78 is 24.3. The highest BCUT2D eigenvalue weighted by Gasteiger charge is 2.38. The fourth-order valence-corrected chi connectivity index (χ4v) is 3.70. The van der Waals surface area contributed by atoms with Gasteiger partial charge < -0.3 is 18.9 Å². The number of rotatable bonds is 11. The van der Waals surface area contributed by atoms with E-state index in [0.29, 0.717) is 32.0 Å². The highest BCUT2D eigenvalue weighted by Crippen LogP contribution is 2.26. The third-order valence-electron chi connectivity index (χ3n) is 5.46. The molecule has 0 bridgehead atoms. The van der Waals surface area contributed by atoms with Gasteiger partial charge in [-0.25, -0.2) is 0 Å². The van der Waals surface area contributed by atoms with Crippen LogP contribution >= 0.6 is 0 Å². The van der Waals surface area contributed by atoms with Crippen molar-refractivity contribution in [2.45, 2.75) is 38.1 Å². The van der Waals surface area contributed by atoms with E-state index in [9.17, 15) is 4.79 Å². The van der Waals surface area contributed by atoms with Gasteiger partial charge in [0.05, 0.1) is 38.3 Å². The molecule has 0 radical (unpaired) electrons. The smallest absolute Gasteiger partial charge is 0.151 e. The molecule has 3 atom stereocenters. The molecule has 0 spiro atoms. The number of carbonyl (C=O) groups is 1. The number of aldehydes is 1. The molecule has 3 unspecified atom stereocenters. The first-order valence-corrected chi connectivity index (χ1v) is 11.1. The maximum absolute atomic E-state index is 11.8. The van der Waals surface area contributed by atoms with Crippen LogP contribution in [0.2, 0.25) is 0 Å². The molecule has 4 rings (SSSR count). The molecular weight excluding hydrogens is 416 g/mol. The molecule has 0 saturated carbocycles. The molecule has 170 valence electrons. The molecular formula is C28H28O5. The fraction of sp³-hybridized carbons (Fsp3) is 0.250. The van der Waals surface area contributed by atoms with Crippen molar-refractivity contribution in [3.05, 3.63) is 120 Å².